The van der Waals surface area contributed by atoms with Crippen LogP contribution in [0.4, 0.5) is 0 Å². The van der Waals surface area contributed by atoms with Crippen molar-refractivity contribution in [1.29, 1.82) is 0 Å². The number of rotatable bonds is 3. The first-order chi connectivity index (χ1) is 6.13. The SMILES string of the molecule is C=CC(O)/C(C)=C/c1csc(C)n1. The van der Waals surface area contributed by atoms with Crippen LogP contribution < -0.4 is 0 Å². The minimum atomic E-state index is -0.568. The maximum atomic E-state index is 9.38. The number of aliphatic hydroxyl groups excluding tert-OH is 1. The molecule has 0 saturated heterocycles. The summed E-state index contributed by atoms with van der Waals surface area (Å²) in [6, 6.07) is 0. The van der Waals surface area contributed by atoms with Crippen LogP contribution in [0.5, 0.6) is 0 Å². The molecule has 0 aromatic carbocycles. The summed E-state index contributed by atoms with van der Waals surface area (Å²) in [6.45, 7) is 7.34. The van der Waals surface area contributed by atoms with E-state index in [9.17, 15) is 5.11 Å². The lowest BCUT2D eigenvalue weighted by Crippen LogP contribution is -2.02. The van der Waals surface area contributed by atoms with E-state index in [0.29, 0.717) is 0 Å². The van der Waals surface area contributed by atoms with Gasteiger partial charge < -0.3 is 5.11 Å². The zero-order valence-corrected chi connectivity index (χ0v) is 8.64. The van der Waals surface area contributed by atoms with Gasteiger partial charge in [-0.2, -0.15) is 0 Å². The van der Waals surface area contributed by atoms with Crippen molar-refractivity contribution in [3.05, 3.63) is 34.3 Å². The van der Waals surface area contributed by atoms with Crippen LogP contribution in [0.1, 0.15) is 17.6 Å². The Balaban J connectivity index is 2.81. The zero-order valence-electron chi connectivity index (χ0n) is 7.82. The average molecular weight is 195 g/mol. The normalized spacial score (nSPS) is 14.2. The van der Waals surface area contributed by atoms with E-state index in [4.69, 9.17) is 0 Å². The Bertz CT molecular complexity index is 327. The van der Waals surface area contributed by atoms with E-state index in [1.807, 2.05) is 25.3 Å². The highest BCUT2D eigenvalue weighted by atomic mass is 32.1. The van der Waals surface area contributed by atoms with Gasteiger partial charge in [-0.25, -0.2) is 4.98 Å². The quantitative estimate of drug-likeness (QED) is 0.751. The van der Waals surface area contributed by atoms with Gasteiger partial charge in [0.15, 0.2) is 0 Å². The largest absolute Gasteiger partial charge is 0.385 e. The number of nitrogens with zero attached hydrogens (tertiary/aromatic N) is 1. The van der Waals surface area contributed by atoms with Gasteiger partial charge in [0.25, 0.3) is 0 Å². The molecule has 1 unspecified atom stereocenters. The number of aryl methyl sites for hydroxylation is 1. The monoisotopic (exact) mass is 195 g/mol. The van der Waals surface area contributed by atoms with Crippen LogP contribution in [-0.2, 0) is 0 Å². The lowest BCUT2D eigenvalue weighted by molar-refractivity contribution is 0.261. The first-order valence-electron chi connectivity index (χ1n) is 4.04. The van der Waals surface area contributed by atoms with Crippen LogP contribution in [-0.4, -0.2) is 16.2 Å². The van der Waals surface area contributed by atoms with Crippen molar-refractivity contribution in [1.82, 2.24) is 4.98 Å². The smallest absolute Gasteiger partial charge is 0.0930 e. The molecule has 0 amide bonds. The molecule has 0 saturated carbocycles. The van der Waals surface area contributed by atoms with Crippen molar-refractivity contribution in [2.24, 2.45) is 0 Å². The van der Waals surface area contributed by atoms with Crippen LogP contribution in [0, 0.1) is 6.92 Å². The van der Waals surface area contributed by atoms with Gasteiger partial charge in [0, 0.05) is 5.38 Å². The summed E-state index contributed by atoms with van der Waals surface area (Å²) in [5.74, 6) is 0. The molecule has 0 fully saturated rings. The summed E-state index contributed by atoms with van der Waals surface area (Å²) in [5, 5.41) is 12.4. The Morgan fingerprint density at radius 3 is 2.92 bits per heavy atom. The molecule has 0 bridgehead atoms. The number of hydrogen-bond acceptors (Lipinski definition) is 3. The van der Waals surface area contributed by atoms with Crippen molar-refractivity contribution in [3.63, 3.8) is 0 Å². The molecule has 1 heterocycles. The standard InChI is InChI=1S/C10H13NOS/c1-4-10(12)7(2)5-9-6-13-8(3)11-9/h4-6,10,12H,1H2,2-3H3/b7-5+. The highest BCUT2D eigenvalue weighted by Crippen LogP contribution is 2.13. The van der Waals surface area contributed by atoms with Gasteiger partial charge in [-0.15, -0.1) is 17.9 Å². The third-order valence-corrected chi connectivity index (χ3v) is 2.49. The fourth-order valence-electron chi connectivity index (χ4n) is 0.951. The van der Waals surface area contributed by atoms with Crippen LogP contribution >= 0.6 is 11.3 Å². The minimum Gasteiger partial charge on any atom is -0.385 e. The van der Waals surface area contributed by atoms with Gasteiger partial charge in [0.2, 0.25) is 0 Å². The summed E-state index contributed by atoms with van der Waals surface area (Å²) >= 11 is 1.60. The van der Waals surface area contributed by atoms with Crippen molar-refractivity contribution in [3.8, 4) is 0 Å². The highest BCUT2D eigenvalue weighted by Gasteiger charge is 2.01. The Hall–Kier alpha value is -0.930. The number of thiazole rings is 1. The molecule has 0 aliphatic carbocycles. The molecule has 13 heavy (non-hydrogen) atoms. The minimum absolute atomic E-state index is 0.568. The molecule has 0 spiro atoms. The third-order valence-electron chi connectivity index (χ3n) is 1.70. The molecule has 1 atom stereocenters. The summed E-state index contributed by atoms with van der Waals surface area (Å²) in [6.07, 6.45) is 2.81. The predicted octanol–water partition coefficient (Wildman–Crippen LogP) is 2.40. The molecular weight excluding hydrogens is 182 g/mol. The van der Waals surface area contributed by atoms with Crippen LogP contribution in [0.15, 0.2) is 23.6 Å². The maximum Gasteiger partial charge on any atom is 0.0930 e. The van der Waals surface area contributed by atoms with Crippen molar-refractivity contribution < 1.29 is 5.11 Å². The van der Waals surface area contributed by atoms with Crippen LogP contribution in [0.2, 0.25) is 0 Å². The lowest BCUT2D eigenvalue weighted by Gasteiger charge is -2.03. The van der Waals surface area contributed by atoms with Crippen LogP contribution in [0.3, 0.4) is 0 Å². The lowest BCUT2D eigenvalue weighted by atomic mass is 10.1. The van der Waals surface area contributed by atoms with Gasteiger partial charge in [-0.1, -0.05) is 6.08 Å². The first-order valence-corrected chi connectivity index (χ1v) is 4.92. The average Bonchev–Trinajstić information content (AvgIpc) is 2.49. The van der Waals surface area contributed by atoms with E-state index in [1.165, 1.54) is 6.08 Å². The Kier molecular flexibility index (Phi) is 3.39. The Morgan fingerprint density at radius 1 is 1.77 bits per heavy atom. The second-order valence-electron chi connectivity index (χ2n) is 2.86. The maximum absolute atomic E-state index is 9.38. The molecule has 0 aliphatic heterocycles. The Labute approximate surface area is 82.3 Å². The molecule has 0 radical (unpaired) electrons. The molecule has 1 rings (SSSR count). The van der Waals surface area contributed by atoms with Gasteiger partial charge in [-0.05, 0) is 25.5 Å². The molecule has 2 nitrogen and oxygen atoms in total. The molecule has 0 aliphatic rings. The fourth-order valence-corrected chi connectivity index (χ4v) is 1.52. The van der Waals surface area contributed by atoms with Gasteiger partial charge in [-0.3, -0.25) is 0 Å². The summed E-state index contributed by atoms with van der Waals surface area (Å²) < 4.78 is 0. The highest BCUT2D eigenvalue weighted by molar-refractivity contribution is 7.09. The number of aliphatic hydroxyl groups is 1. The fraction of sp³-hybridized carbons (Fsp3) is 0.300. The summed E-state index contributed by atoms with van der Waals surface area (Å²) in [4.78, 5) is 4.26. The Morgan fingerprint density at radius 2 is 2.46 bits per heavy atom. The summed E-state index contributed by atoms with van der Waals surface area (Å²) in [7, 11) is 0. The van der Waals surface area contributed by atoms with E-state index in [0.717, 1.165) is 16.3 Å². The number of aromatic nitrogens is 1. The second kappa shape index (κ2) is 4.35. The van der Waals surface area contributed by atoms with Gasteiger partial charge >= 0.3 is 0 Å². The van der Waals surface area contributed by atoms with E-state index < -0.39 is 6.10 Å². The molecule has 1 aromatic heterocycles. The molecule has 1 N–H and O–H groups in total. The van der Waals surface area contributed by atoms with Crippen molar-refractivity contribution in [2.75, 3.05) is 0 Å². The van der Waals surface area contributed by atoms with Gasteiger partial charge in [0.05, 0.1) is 16.8 Å². The van der Waals surface area contributed by atoms with E-state index >= 15 is 0 Å². The van der Waals surface area contributed by atoms with E-state index in [2.05, 4.69) is 11.6 Å². The molecular formula is C10H13NOS. The third kappa shape index (κ3) is 2.79. The summed E-state index contributed by atoms with van der Waals surface area (Å²) in [5.41, 5.74) is 1.77. The first kappa shape index (κ1) is 10.2. The zero-order chi connectivity index (χ0) is 9.84. The molecule has 3 heteroatoms. The van der Waals surface area contributed by atoms with E-state index in [-0.39, 0.29) is 0 Å². The van der Waals surface area contributed by atoms with Crippen molar-refractivity contribution >= 4 is 17.4 Å². The van der Waals surface area contributed by atoms with Crippen LogP contribution in [0.25, 0.3) is 6.08 Å². The predicted molar refractivity (Wildman–Crippen MR) is 56.7 cm³/mol. The molecule has 1 aromatic rings. The van der Waals surface area contributed by atoms with E-state index in [1.54, 1.807) is 11.3 Å². The molecule has 70 valence electrons. The topological polar surface area (TPSA) is 33.1 Å². The second-order valence-corrected chi connectivity index (χ2v) is 3.92. The van der Waals surface area contributed by atoms with Gasteiger partial charge in [0.1, 0.15) is 0 Å². The van der Waals surface area contributed by atoms with Crippen molar-refractivity contribution in [2.45, 2.75) is 20.0 Å². The number of hydrogen-bond donors (Lipinski definition) is 1.